The maximum absolute atomic E-state index is 12.3. The van der Waals surface area contributed by atoms with Crippen LogP contribution in [0, 0.1) is 11.8 Å². The Morgan fingerprint density at radius 1 is 0.857 bits per heavy atom. The highest BCUT2D eigenvalue weighted by molar-refractivity contribution is 5.97. The molecule has 0 bridgehead atoms. The third-order valence-electron chi connectivity index (χ3n) is 5.52. The van der Waals surface area contributed by atoms with E-state index in [1.54, 1.807) is 6.08 Å². The van der Waals surface area contributed by atoms with Crippen LogP contribution in [0.5, 0.6) is 0 Å². The summed E-state index contributed by atoms with van der Waals surface area (Å²) in [7, 11) is 0. The second-order valence-electron chi connectivity index (χ2n) is 8.20. The lowest BCUT2D eigenvalue weighted by atomic mass is 9.83. The first-order valence-electron chi connectivity index (χ1n) is 10.9. The molecule has 0 radical (unpaired) electrons. The first-order valence-corrected chi connectivity index (χ1v) is 10.9. The van der Waals surface area contributed by atoms with Crippen molar-refractivity contribution >= 4 is 35.8 Å². The van der Waals surface area contributed by atoms with Gasteiger partial charge in [0.25, 0.3) is 0 Å². The minimum absolute atomic E-state index is 0.272. The smallest absolute Gasteiger partial charge is 0.320 e. The van der Waals surface area contributed by atoms with Crippen LogP contribution in [0.1, 0.15) is 34.1 Å². The quantitative estimate of drug-likeness (QED) is 0.195. The van der Waals surface area contributed by atoms with E-state index in [9.17, 15) is 28.8 Å². The van der Waals surface area contributed by atoms with Gasteiger partial charge >= 0.3 is 35.8 Å². The highest BCUT2D eigenvalue weighted by Gasteiger charge is 2.55. The molecule has 0 spiro atoms. The number of allylic oxidation sites excluding steroid dienone is 1. The average molecular weight is 498 g/mol. The zero-order valence-electron chi connectivity index (χ0n) is 19.5. The van der Waals surface area contributed by atoms with Crippen LogP contribution in [-0.2, 0) is 61.9 Å². The summed E-state index contributed by atoms with van der Waals surface area (Å²) < 4.78 is 37.5. The molecule has 2 fully saturated rings. The van der Waals surface area contributed by atoms with Gasteiger partial charge in [-0.05, 0) is 6.42 Å². The standard InChI is InChI=1S/C22H26O13/c1-9(23)29-8-15-17(30-10(2)24)18(31-11(3)25)19(32-12(4)26)22(34-15)33-14-7-5-6-13-16(14)21(28)35-20(13)27/h5,7,13-19,22H,6,8H2,1-4H3/t13-,14+,15+,16-,17+,18-,19+,22+/m0/s1. The number of carbonyl (C=O) groups is 6. The van der Waals surface area contributed by atoms with Gasteiger partial charge in [0.2, 0.25) is 0 Å². The molecule has 2 aliphatic heterocycles. The SMILES string of the molecule is CC(=O)OC[C@H]1O[C@@H](O[C@@H]2C=CC[C@@H]3C(=O)OC(=O)[C@@H]32)[C@H](OC(C)=O)[C@@H](OC(C)=O)[C@@H]1OC(C)=O. The average Bonchev–Trinajstić information content (AvgIpc) is 3.04. The van der Waals surface area contributed by atoms with Crippen LogP contribution in [0.25, 0.3) is 0 Å². The zero-order chi connectivity index (χ0) is 25.9. The first kappa shape index (κ1) is 26.3. The van der Waals surface area contributed by atoms with Crippen LogP contribution in [0.2, 0.25) is 0 Å². The number of fused-ring (bicyclic) bond motifs is 1. The Balaban J connectivity index is 1.96. The topological polar surface area (TPSA) is 167 Å². The van der Waals surface area contributed by atoms with Crippen molar-refractivity contribution in [2.45, 2.75) is 70.9 Å². The Morgan fingerprint density at radius 2 is 1.46 bits per heavy atom. The van der Waals surface area contributed by atoms with Crippen LogP contribution in [0.4, 0.5) is 0 Å². The lowest BCUT2D eigenvalue weighted by Crippen LogP contribution is -2.63. The van der Waals surface area contributed by atoms with Crippen molar-refractivity contribution in [3.8, 4) is 0 Å². The molecular formula is C22H26O13. The normalized spacial score (nSPS) is 33.8. The Morgan fingerprint density at radius 3 is 2.06 bits per heavy atom. The number of rotatable bonds is 7. The Labute approximate surface area is 199 Å². The molecule has 192 valence electrons. The summed E-state index contributed by atoms with van der Waals surface area (Å²) in [4.78, 5) is 71.3. The summed E-state index contributed by atoms with van der Waals surface area (Å²) in [6.07, 6.45) is -4.46. The van der Waals surface area contributed by atoms with Gasteiger partial charge in [-0.15, -0.1) is 0 Å². The van der Waals surface area contributed by atoms with Gasteiger partial charge in [-0.1, -0.05) is 12.2 Å². The summed E-state index contributed by atoms with van der Waals surface area (Å²) >= 11 is 0. The molecule has 2 heterocycles. The van der Waals surface area contributed by atoms with E-state index in [-0.39, 0.29) is 6.42 Å². The second kappa shape index (κ2) is 11.0. The fourth-order valence-electron chi connectivity index (χ4n) is 4.22. The van der Waals surface area contributed by atoms with E-state index in [0.29, 0.717) is 0 Å². The molecule has 0 N–H and O–H groups in total. The minimum Gasteiger partial charge on any atom is -0.463 e. The van der Waals surface area contributed by atoms with Gasteiger partial charge in [0.05, 0.1) is 12.0 Å². The highest BCUT2D eigenvalue weighted by Crippen LogP contribution is 2.38. The van der Waals surface area contributed by atoms with Crippen LogP contribution >= 0.6 is 0 Å². The van der Waals surface area contributed by atoms with Crippen LogP contribution in [0.15, 0.2) is 12.2 Å². The summed E-state index contributed by atoms with van der Waals surface area (Å²) in [5.41, 5.74) is 0. The van der Waals surface area contributed by atoms with Crippen molar-refractivity contribution < 1.29 is 61.9 Å². The molecule has 0 aromatic rings. The lowest BCUT2D eigenvalue weighted by Gasteiger charge is -2.45. The summed E-state index contributed by atoms with van der Waals surface area (Å²) in [6, 6.07) is 0. The molecule has 0 aromatic carbocycles. The Kier molecular flexibility index (Phi) is 8.22. The molecule has 3 aliphatic rings. The van der Waals surface area contributed by atoms with Crippen molar-refractivity contribution in [3.63, 3.8) is 0 Å². The largest absolute Gasteiger partial charge is 0.463 e. The molecule has 0 saturated carbocycles. The Bertz CT molecular complexity index is 924. The molecule has 8 atom stereocenters. The van der Waals surface area contributed by atoms with Gasteiger partial charge in [0.15, 0.2) is 24.6 Å². The fourth-order valence-corrected chi connectivity index (χ4v) is 4.22. The van der Waals surface area contributed by atoms with Gasteiger partial charge in [-0.25, -0.2) is 0 Å². The third-order valence-corrected chi connectivity index (χ3v) is 5.52. The van der Waals surface area contributed by atoms with Crippen molar-refractivity contribution in [2.24, 2.45) is 11.8 Å². The molecule has 13 heteroatoms. The van der Waals surface area contributed by atoms with E-state index in [0.717, 1.165) is 27.7 Å². The van der Waals surface area contributed by atoms with E-state index in [1.807, 2.05) is 0 Å². The van der Waals surface area contributed by atoms with E-state index < -0.39 is 91.1 Å². The number of ether oxygens (including phenoxy) is 7. The van der Waals surface area contributed by atoms with E-state index in [1.165, 1.54) is 6.08 Å². The van der Waals surface area contributed by atoms with Crippen LogP contribution in [-0.4, -0.2) is 79.2 Å². The maximum atomic E-state index is 12.3. The van der Waals surface area contributed by atoms with Gasteiger partial charge in [0, 0.05) is 27.7 Å². The molecule has 0 aromatic heterocycles. The van der Waals surface area contributed by atoms with E-state index in [4.69, 9.17) is 33.2 Å². The van der Waals surface area contributed by atoms with Gasteiger partial charge in [0.1, 0.15) is 18.6 Å². The number of hydrogen-bond donors (Lipinski definition) is 0. The molecular weight excluding hydrogens is 472 g/mol. The number of carbonyl (C=O) groups excluding carboxylic acids is 6. The molecule has 13 nitrogen and oxygen atoms in total. The van der Waals surface area contributed by atoms with Crippen molar-refractivity contribution in [1.82, 2.24) is 0 Å². The molecule has 2 saturated heterocycles. The van der Waals surface area contributed by atoms with E-state index in [2.05, 4.69) is 0 Å². The molecule has 0 amide bonds. The maximum Gasteiger partial charge on any atom is 0.320 e. The van der Waals surface area contributed by atoms with Crippen LogP contribution < -0.4 is 0 Å². The summed E-state index contributed by atoms with van der Waals surface area (Å²) in [6.45, 7) is 4.02. The molecule has 3 rings (SSSR count). The number of esters is 6. The zero-order valence-corrected chi connectivity index (χ0v) is 19.5. The summed E-state index contributed by atoms with van der Waals surface area (Å²) in [5, 5.41) is 0. The molecule has 35 heavy (non-hydrogen) atoms. The number of cyclic esters (lactones) is 2. The van der Waals surface area contributed by atoms with Gasteiger partial charge in [-0.2, -0.15) is 0 Å². The molecule has 0 unspecified atom stereocenters. The monoisotopic (exact) mass is 498 g/mol. The third kappa shape index (κ3) is 6.22. The van der Waals surface area contributed by atoms with E-state index >= 15 is 0 Å². The Hall–Kier alpha value is -3.32. The highest BCUT2D eigenvalue weighted by atomic mass is 16.7. The second-order valence-corrected chi connectivity index (χ2v) is 8.20. The van der Waals surface area contributed by atoms with Gasteiger partial charge < -0.3 is 33.2 Å². The lowest BCUT2D eigenvalue weighted by molar-refractivity contribution is -0.316. The first-order chi connectivity index (χ1) is 16.5. The van der Waals surface area contributed by atoms with Crippen molar-refractivity contribution in [1.29, 1.82) is 0 Å². The van der Waals surface area contributed by atoms with Crippen molar-refractivity contribution in [3.05, 3.63) is 12.2 Å². The predicted molar refractivity (Wildman–Crippen MR) is 109 cm³/mol. The molecule has 1 aliphatic carbocycles. The van der Waals surface area contributed by atoms with Crippen LogP contribution in [0.3, 0.4) is 0 Å². The minimum atomic E-state index is -1.48. The van der Waals surface area contributed by atoms with Gasteiger partial charge in [-0.3, -0.25) is 28.8 Å². The number of hydrogen-bond acceptors (Lipinski definition) is 13. The predicted octanol–water partition coefficient (Wildman–Crippen LogP) is -0.270. The van der Waals surface area contributed by atoms with Crippen molar-refractivity contribution in [2.75, 3.05) is 6.61 Å². The fraction of sp³-hybridized carbons (Fsp3) is 0.636. The summed E-state index contributed by atoms with van der Waals surface area (Å²) in [5.74, 6) is -6.21.